The Morgan fingerprint density at radius 1 is 1.32 bits per heavy atom. The van der Waals surface area contributed by atoms with Gasteiger partial charge in [-0.15, -0.1) is 0 Å². The summed E-state index contributed by atoms with van der Waals surface area (Å²) in [6.07, 6.45) is -0.383. The number of aromatic amines is 1. The van der Waals surface area contributed by atoms with Gasteiger partial charge in [0.15, 0.2) is 0 Å². The van der Waals surface area contributed by atoms with Gasteiger partial charge >= 0.3 is 0 Å². The predicted octanol–water partition coefficient (Wildman–Crippen LogP) is 1.25. The number of aromatic nitrogens is 2. The van der Waals surface area contributed by atoms with Gasteiger partial charge in [0.05, 0.1) is 6.61 Å². The largest absolute Gasteiger partial charge is 0.471 e. The topological polar surface area (TPSA) is 85.2 Å². The summed E-state index contributed by atoms with van der Waals surface area (Å²) < 4.78 is 25.3. The van der Waals surface area contributed by atoms with E-state index in [1.165, 1.54) is 0 Å². The zero-order valence-corrected chi connectivity index (χ0v) is 12.1. The maximum atomic E-state index is 14.3. The maximum Gasteiger partial charge on any atom is 0.247 e. The Labute approximate surface area is 127 Å². The second-order valence-electron chi connectivity index (χ2n) is 5.12. The lowest BCUT2D eigenvalue weighted by Gasteiger charge is -2.21. The van der Waals surface area contributed by atoms with Crippen molar-refractivity contribution in [3.05, 3.63) is 46.9 Å². The molecule has 1 fully saturated rings. The van der Waals surface area contributed by atoms with Gasteiger partial charge in [-0.2, -0.15) is 9.49 Å². The number of hydrogen-bond donors (Lipinski definition) is 3. The standard InChI is InChI=1S/C15H19FN4O2/c16-13-14(12-8-18-5-6-21-12)19-20-15(13)22-9-11-3-1-10(7-17)2-4-11/h1-4,12,18H,5-9,17H2,(H,19,20). The van der Waals surface area contributed by atoms with Crippen LogP contribution in [0.4, 0.5) is 4.39 Å². The molecule has 0 spiro atoms. The van der Waals surface area contributed by atoms with Gasteiger partial charge in [-0.1, -0.05) is 24.3 Å². The molecule has 4 N–H and O–H groups in total. The SMILES string of the molecule is NCc1ccc(COc2[nH]nc(C3CNCCO3)c2F)cc1. The molecule has 0 bridgehead atoms. The Morgan fingerprint density at radius 3 is 2.77 bits per heavy atom. The van der Waals surface area contributed by atoms with Crippen LogP contribution in [-0.2, 0) is 17.9 Å². The molecule has 1 aromatic heterocycles. The summed E-state index contributed by atoms with van der Waals surface area (Å²) in [7, 11) is 0. The number of halogens is 1. The average molecular weight is 306 g/mol. The lowest BCUT2D eigenvalue weighted by atomic mass is 10.1. The van der Waals surface area contributed by atoms with Gasteiger partial charge in [-0.3, -0.25) is 0 Å². The molecule has 0 saturated carbocycles. The molecule has 1 aliphatic rings. The van der Waals surface area contributed by atoms with Gasteiger partial charge in [0.25, 0.3) is 0 Å². The molecular weight excluding hydrogens is 287 g/mol. The number of hydrogen-bond acceptors (Lipinski definition) is 5. The first kappa shape index (κ1) is 15.0. The van der Waals surface area contributed by atoms with E-state index >= 15 is 0 Å². The van der Waals surface area contributed by atoms with Crippen LogP contribution in [0.15, 0.2) is 24.3 Å². The summed E-state index contributed by atoms with van der Waals surface area (Å²) in [5.41, 5.74) is 7.77. The van der Waals surface area contributed by atoms with Gasteiger partial charge in [0, 0.05) is 19.6 Å². The molecule has 6 nitrogen and oxygen atoms in total. The van der Waals surface area contributed by atoms with Crippen LogP contribution in [0.3, 0.4) is 0 Å². The van der Waals surface area contributed by atoms with Gasteiger partial charge in [-0.25, -0.2) is 5.10 Å². The van der Waals surface area contributed by atoms with Crippen molar-refractivity contribution in [2.24, 2.45) is 5.73 Å². The van der Waals surface area contributed by atoms with E-state index in [4.69, 9.17) is 15.2 Å². The fraction of sp³-hybridized carbons (Fsp3) is 0.400. The summed E-state index contributed by atoms with van der Waals surface area (Å²) in [5, 5.41) is 9.70. The van der Waals surface area contributed by atoms with E-state index in [0.717, 1.165) is 17.7 Å². The Bertz CT molecular complexity index is 609. The minimum Gasteiger partial charge on any atom is -0.471 e. The number of nitrogens with one attached hydrogen (secondary N) is 2. The van der Waals surface area contributed by atoms with E-state index < -0.39 is 5.82 Å². The monoisotopic (exact) mass is 306 g/mol. The van der Waals surface area contributed by atoms with Crippen LogP contribution >= 0.6 is 0 Å². The summed E-state index contributed by atoms with van der Waals surface area (Å²) in [6.45, 7) is 2.61. The summed E-state index contributed by atoms with van der Waals surface area (Å²) in [4.78, 5) is 0. The smallest absolute Gasteiger partial charge is 0.247 e. The van der Waals surface area contributed by atoms with E-state index in [2.05, 4.69) is 15.5 Å². The third-order valence-electron chi connectivity index (χ3n) is 3.58. The molecule has 1 atom stereocenters. The molecule has 118 valence electrons. The highest BCUT2D eigenvalue weighted by Gasteiger charge is 2.25. The Balaban J connectivity index is 1.63. The average Bonchev–Trinajstić information content (AvgIpc) is 2.95. The number of rotatable bonds is 5. The fourth-order valence-electron chi connectivity index (χ4n) is 2.30. The third kappa shape index (κ3) is 3.27. The van der Waals surface area contributed by atoms with Crippen molar-refractivity contribution in [2.75, 3.05) is 19.7 Å². The lowest BCUT2D eigenvalue weighted by molar-refractivity contribution is 0.0227. The number of ether oxygens (including phenoxy) is 2. The highest BCUT2D eigenvalue weighted by Crippen LogP contribution is 2.25. The highest BCUT2D eigenvalue weighted by atomic mass is 19.1. The minimum atomic E-state index is -0.493. The second-order valence-corrected chi connectivity index (χ2v) is 5.12. The molecule has 22 heavy (non-hydrogen) atoms. The first-order valence-electron chi connectivity index (χ1n) is 7.24. The lowest BCUT2D eigenvalue weighted by Crippen LogP contribution is -2.33. The Kier molecular flexibility index (Phi) is 4.67. The Morgan fingerprint density at radius 2 is 2.09 bits per heavy atom. The zero-order chi connectivity index (χ0) is 15.4. The molecule has 1 saturated heterocycles. The molecule has 0 aliphatic carbocycles. The van der Waals surface area contributed by atoms with Crippen molar-refractivity contribution in [1.29, 1.82) is 0 Å². The van der Waals surface area contributed by atoms with Crippen molar-refractivity contribution in [1.82, 2.24) is 15.5 Å². The molecule has 0 radical (unpaired) electrons. The first-order valence-corrected chi connectivity index (χ1v) is 7.24. The molecule has 0 amide bonds. The van der Waals surface area contributed by atoms with Crippen LogP contribution in [0.5, 0.6) is 5.88 Å². The second kappa shape index (κ2) is 6.87. The number of morpholine rings is 1. The van der Waals surface area contributed by atoms with Crippen molar-refractivity contribution in [2.45, 2.75) is 19.3 Å². The quantitative estimate of drug-likeness (QED) is 0.774. The third-order valence-corrected chi connectivity index (χ3v) is 3.58. The molecular formula is C15H19FN4O2. The van der Waals surface area contributed by atoms with Crippen molar-refractivity contribution < 1.29 is 13.9 Å². The Hall–Kier alpha value is -1.96. The number of H-pyrrole nitrogens is 1. The van der Waals surface area contributed by atoms with Gasteiger partial charge in [0.2, 0.25) is 11.7 Å². The summed E-state index contributed by atoms with van der Waals surface area (Å²) >= 11 is 0. The highest BCUT2D eigenvalue weighted by molar-refractivity contribution is 5.24. The zero-order valence-electron chi connectivity index (χ0n) is 12.1. The minimum absolute atomic E-state index is 0.0343. The predicted molar refractivity (Wildman–Crippen MR) is 78.8 cm³/mol. The van der Waals surface area contributed by atoms with Crippen molar-refractivity contribution >= 4 is 0 Å². The summed E-state index contributed by atoms with van der Waals surface area (Å²) in [5.74, 6) is -0.459. The fourth-order valence-corrected chi connectivity index (χ4v) is 2.30. The van der Waals surface area contributed by atoms with Crippen LogP contribution in [-0.4, -0.2) is 29.9 Å². The van der Waals surface area contributed by atoms with E-state index in [0.29, 0.717) is 19.7 Å². The molecule has 1 aromatic carbocycles. The van der Waals surface area contributed by atoms with Gasteiger partial charge in [0.1, 0.15) is 18.4 Å². The molecule has 1 aliphatic heterocycles. The number of nitrogens with zero attached hydrogens (tertiary/aromatic N) is 1. The van der Waals surface area contributed by atoms with Crippen molar-refractivity contribution in [3.63, 3.8) is 0 Å². The van der Waals surface area contributed by atoms with Crippen LogP contribution < -0.4 is 15.8 Å². The van der Waals surface area contributed by atoms with Gasteiger partial charge < -0.3 is 20.5 Å². The first-order chi connectivity index (χ1) is 10.8. The molecule has 7 heteroatoms. The molecule has 3 rings (SSSR count). The molecule has 1 unspecified atom stereocenters. The van der Waals surface area contributed by atoms with Crippen LogP contribution in [0.1, 0.15) is 22.9 Å². The normalized spacial score (nSPS) is 18.4. The van der Waals surface area contributed by atoms with Crippen LogP contribution in [0, 0.1) is 5.82 Å². The molecule has 2 heterocycles. The van der Waals surface area contributed by atoms with E-state index in [1.54, 1.807) is 0 Å². The van der Waals surface area contributed by atoms with E-state index in [-0.39, 0.29) is 24.3 Å². The van der Waals surface area contributed by atoms with E-state index in [1.807, 2.05) is 24.3 Å². The molecule has 2 aromatic rings. The van der Waals surface area contributed by atoms with E-state index in [9.17, 15) is 4.39 Å². The maximum absolute atomic E-state index is 14.3. The van der Waals surface area contributed by atoms with Crippen LogP contribution in [0.2, 0.25) is 0 Å². The van der Waals surface area contributed by atoms with Gasteiger partial charge in [-0.05, 0) is 11.1 Å². The van der Waals surface area contributed by atoms with Crippen LogP contribution in [0.25, 0.3) is 0 Å². The summed E-state index contributed by atoms with van der Waals surface area (Å²) in [6, 6.07) is 7.67. The number of benzene rings is 1. The van der Waals surface area contributed by atoms with Crippen molar-refractivity contribution in [3.8, 4) is 5.88 Å². The number of nitrogens with two attached hydrogens (primary N) is 1.